The Bertz CT molecular complexity index is 643. The van der Waals surface area contributed by atoms with Crippen LogP contribution in [0.25, 0.3) is 0 Å². The Morgan fingerprint density at radius 1 is 1.45 bits per heavy atom. The highest BCUT2D eigenvalue weighted by Crippen LogP contribution is 2.26. The summed E-state index contributed by atoms with van der Waals surface area (Å²) in [6, 6.07) is 7.89. The van der Waals surface area contributed by atoms with Crippen LogP contribution in [0.15, 0.2) is 35.2 Å². The predicted octanol–water partition coefficient (Wildman–Crippen LogP) is 2.11. The van der Waals surface area contributed by atoms with Crippen LogP contribution in [0.1, 0.15) is 16.1 Å². The van der Waals surface area contributed by atoms with Gasteiger partial charge in [0.25, 0.3) is 5.91 Å². The standard InChI is InChI=1S/C16H19N3O2S/c1-18(2)8-13-9-21-15-6-4-3-5-12(15)7-19(13)16(20)14-10-22-11-17-14/h3-6,10-11,13H,7-9H2,1-2H3. The fraction of sp³-hybridized carbons (Fsp3) is 0.375. The summed E-state index contributed by atoms with van der Waals surface area (Å²) in [5, 5.41) is 1.80. The lowest BCUT2D eigenvalue weighted by molar-refractivity contribution is 0.0578. The highest BCUT2D eigenvalue weighted by Gasteiger charge is 2.30. The average Bonchev–Trinajstić information content (AvgIpc) is 2.97. The second-order valence-corrected chi connectivity index (χ2v) is 6.36. The fourth-order valence-corrected chi connectivity index (χ4v) is 3.17. The van der Waals surface area contributed by atoms with Crippen molar-refractivity contribution in [3.63, 3.8) is 0 Å². The van der Waals surface area contributed by atoms with Crippen LogP contribution in [0.4, 0.5) is 0 Å². The largest absolute Gasteiger partial charge is 0.491 e. The predicted molar refractivity (Wildman–Crippen MR) is 86.3 cm³/mol. The number of aromatic nitrogens is 1. The van der Waals surface area contributed by atoms with E-state index in [0.717, 1.165) is 17.9 Å². The molecule has 116 valence electrons. The van der Waals surface area contributed by atoms with Gasteiger partial charge in [0.05, 0.1) is 18.1 Å². The van der Waals surface area contributed by atoms with Crippen LogP contribution in [0.2, 0.25) is 0 Å². The van der Waals surface area contributed by atoms with Gasteiger partial charge in [0.15, 0.2) is 0 Å². The molecule has 22 heavy (non-hydrogen) atoms. The molecule has 0 N–H and O–H groups in total. The Balaban J connectivity index is 1.92. The zero-order valence-corrected chi connectivity index (χ0v) is 13.5. The fourth-order valence-electron chi connectivity index (χ4n) is 2.64. The monoisotopic (exact) mass is 317 g/mol. The number of para-hydroxylation sites is 1. The summed E-state index contributed by atoms with van der Waals surface area (Å²) >= 11 is 1.44. The SMILES string of the molecule is CN(C)CC1COc2ccccc2CN1C(=O)c1cscn1. The summed E-state index contributed by atoms with van der Waals surface area (Å²) in [5.74, 6) is 0.827. The lowest BCUT2D eigenvalue weighted by Crippen LogP contribution is -2.47. The van der Waals surface area contributed by atoms with Gasteiger partial charge in [0.1, 0.15) is 18.1 Å². The van der Waals surface area contributed by atoms with E-state index in [1.165, 1.54) is 11.3 Å². The minimum Gasteiger partial charge on any atom is -0.491 e. The maximum atomic E-state index is 12.8. The molecule has 0 fully saturated rings. The van der Waals surface area contributed by atoms with E-state index < -0.39 is 0 Å². The number of hydrogen-bond donors (Lipinski definition) is 0. The number of nitrogens with zero attached hydrogens (tertiary/aromatic N) is 3. The van der Waals surface area contributed by atoms with Gasteiger partial charge in [-0.05, 0) is 20.2 Å². The summed E-state index contributed by atoms with van der Waals surface area (Å²) in [4.78, 5) is 20.9. The van der Waals surface area contributed by atoms with Gasteiger partial charge in [-0.1, -0.05) is 18.2 Å². The molecule has 1 aromatic heterocycles. The first-order valence-corrected chi connectivity index (χ1v) is 8.14. The number of rotatable bonds is 3. The van der Waals surface area contributed by atoms with Gasteiger partial charge in [-0.25, -0.2) is 4.98 Å². The second kappa shape index (κ2) is 6.46. The minimum absolute atomic E-state index is 0.00315. The van der Waals surface area contributed by atoms with E-state index in [0.29, 0.717) is 18.8 Å². The van der Waals surface area contributed by atoms with Crippen molar-refractivity contribution in [1.29, 1.82) is 0 Å². The van der Waals surface area contributed by atoms with Crippen molar-refractivity contribution < 1.29 is 9.53 Å². The molecule has 5 nitrogen and oxygen atoms in total. The maximum absolute atomic E-state index is 12.8. The third kappa shape index (κ3) is 3.13. The number of amides is 1. The lowest BCUT2D eigenvalue weighted by Gasteiger charge is -2.30. The highest BCUT2D eigenvalue weighted by atomic mass is 32.1. The molecule has 1 aliphatic heterocycles. The summed E-state index contributed by atoms with van der Waals surface area (Å²) in [6.07, 6.45) is 0. The zero-order chi connectivity index (χ0) is 15.5. The molecule has 1 amide bonds. The molecule has 0 bridgehead atoms. The second-order valence-electron chi connectivity index (χ2n) is 5.64. The van der Waals surface area contributed by atoms with Crippen molar-refractivity contribution in [1.82, 2.24) is 14.8 Å². The Morgan fingerprint density at radius 3 is 3.00 bits per heavy atom. The third-order valence-corrected chi connectivity index (χ3v) is 4.26. The number of thiazole rings is 1. The van der Waals surface area contributed by atoms with Crippen LogP contribution in [-0.2, 0) is 6.54 Å². The van der Waals surface area contributed by atoms with Crippen molar-refractivity contribution in [2.45, 2.75) is 12.6 Å². The quantitative estimate of drug-likeness (QED) is 0.870. The van der Waals surface area contributed by atoms with Gasteiger partial charge < -0.3 is 14.5 Å². The van der Waals surface area contributed by atoms with Crippen LogP contribution in [0.5, 0.6) is 5.75 Å². The summed E-state index contributed by atoms with van der Waals surface area (Å²) in [5.41, 5.74) is 3.23. The molecule has 0 saturated heterocycles. The number of ether oxygens (including phenoxy) is 1. The van der Waals surface area contributed by atoms with E-state index in [4.69, 9.17) is 4.74 Å². The van der Waals surface area contributed by atoms with E-state index >= 15 is 0 Å². The van der Waals surface area contributed by atoms with Crippen molar-refractivity contribution in [2.24, 2.45) is 0 Å². The van der Waals surface area contributed by atoms with E-state index in [-0.39, 0.29) is 11.9 Å². The van der Waals surface area contributed by atoms with Gasteiger partial charge in [-0.15, -0.1) is 11.3 Å². The molecule has 1 aromatic carbocycles. The minimum atomic E-state index is -0.0339. The number of carbonyl (C=O) groups excluding carboxylic acids is 1. The van der Waals surface area contributed by atoms with E-state index in [2.05, 4.69) is 9.88 Å². The molecule has 2 aromatic rings. The average molecular weight is 317 g/mol. The number of fused-ring (bicyclic) bond motifs is 1. The summed E-state index contributed by atoms with van der Waals surface area (Å²) in [7, 11) is 4.01. The number of hydrogen-bond acceptors (Lipinski definition) is 5. The van der Waals surface area contributed by atoms with Crippen LogP contribution in [-0.4, -0.2) is 54.0 Å². The van der Waals surface area contributed by atoms with Crippen molar-refractivity contribution in [3.05, 3.63) is 46.4 Å². The van der Waals surface area contributed by atoms with E-state index in [1.807, 2.05) is 43.3 Å². The van der Waals surface area contributed by atoms with Gasteiger partial charge in [0, 0.05) is 17.5 Å². The van der Waals surface area contributed by atoms with E-state index in [9.17, 15) is 4.79 Å². The van der Waals surface area contributed by atoms with Crippen molar-refractivity contribution in [3.8, 4) is 5.75 Å². The van der Waals surface area contributed by atoms with Crippen molar-refractivity contribution in [2.75, 3.05) is 27.2 Å². The van der Waals surface area contributed by atoms with Crippen molar-refractivity contribution >= 4 is 17.2 Å². The molecule has 0 aliphatic carbocycles. The van der Waals surface area contributed by atoms with Gasteiger partial charge in [-0.3, -0.25) is 4.79 Å². The first-order valence-electron chi connectivity index (χ1n) is 7.19. The molecule has 6 heteroatoms. The first kappa shape index (κ1) is 15.0. The zero-order valence-electron chi connectivity index (χ0n) is 12.7. The molecule has 1 unspecified atom stereocenters. The third-order valence-electron chi connectivity index (χ3n) is 3.67. The van der Waals surface area contributed by atoms with Crippen LogP contribution in [0.3, 0.4) is 0 Å². The molecule has 0 spiro atoms. The molecule has 3 rings (SSSR count). The normalized spacial score (nSPS) is 17.8. The molecular formula is C16H19N3O2S. The van der Waals surface area contributed by atoms with Crippen LogP contribution in [0, 0.1) is 0 Å². The molecule has 1 aliphatic rings. The summed E-state index contributed by atoms with van der Waals surface area (Å²) < 4.78 is 5.92. The van der Waals surface area contributed by atoms with Gasteiger partial charge in [-0.2, -0.15) is 0 Å². The van der Waals surface area contributed by atoms with Crippen LogP contribution >= 0.6 is 11.3 Å². The van der Waals surface area contributed by atoms with Gasteiger partial charge in [0.2, 0.25) is 0 Å². The maximum Gasteiger partial charge on any atom is 0.274 e. The Morgan fingerprint density at radius 2 is 2.27 bits per heavy atom. The number of carbonyl (C=O) groups is 1. The van der Waals surface area contributed by atoms with Gasteiger partial charge >= 0.3 is 0 Å². The Hall–Kier alpha value is -1.92. The number of benzene rings is 1. The topological polar surface area (TPSA) is 45.7 Å². The Kier molecular flexibility index (Phi) is 4.40. The highest BCUT2D eigenvalue weighted by molar-refractivity contribution is 7.07. The molecule has 0 radical (unpaired) electrons. The Labute approximate surface area is 134 Å². The smallest absolute Gasteiger partial charge is 0.274 e. The molecule has 1 atom stereocenters. The lowest BCUT2D eigenvalue weighted by atomic mass is 10.1. The van der Waals surface area contributed by atoms with E-state index in [1.54, 1.807) is 10.9 Å². The first-order chi connectivity index (χ1) is 10.6. The molecule has 2 heterocycles. The van der Waals surface area contributed by atoms with Crippen LogP contribution < -0.4 is 4.74 Å². The summed E-state index contributed by atoms with van der Waals surface area (Å²) in [6.45, 7) is 1.79. The molecular weight excluding hydrogens is 298 g/mol. The number of likely N-dealkylation sites (N-methyl/N-ethyl adjacent to an activating group) is 1. The molecule has 0 saturated carbocycles.